The number of ketones is 1. The highest BCUT2D eigenvalue weighted by molar-refractivity contribution is 5.88. The maximum atomic E-state index is 12.2. The Labute approximate surface area is 118 Å². The van der Waals surface area contributed by atoms with Crippen LogP contribution in [0.4, 0.5) is 0 Å². The van der Waals surface area contributed by atoms with E-state index in [1.54, 1.807) is 12.3 Å². The Morgan fingerprint density at radius 1 is 1.30 bits per heavy atom. The number of Topliss-reactive ketones (excluding diaryl/α,β-unsaturated/α-hetero) is 1. The summed E-state index contributed by atoms with van der Waals surface area (Å²) in [6.45, 7) is 4.00. The minimum absolute atomic E-state index is 0.0628. The second kappa shape index (κ2) is 6.21. The Bertz CT molecular complexity index is 636. The van der Waals surface area contributed by atoms with Crippen molar-refractivity contribution in [3.63, 3.8) is 0 Å². The molecule has 1 heterocycles. The van der Waals surface area contributed by atoms with Crippen molar-refractivity contribution < 1.29 is 9.21 Å². The summed E-state index contributed by atoms with van der Waals surface area (Å²) in [6.07, 6.45) is 2.44. The first-order valence-corrected chi connectivity index (χ1v) is 6.63. The van der Waals surface area contributed by atoms with E-state index in [-0.39, 0.29) is 5.78 Å². The molecule has 0 aliphatic carbocycles. The monoisotopic (exact) mass is 267 g/mol. The fourth-order valence-corrected chi connectivity index (χ4v) is 2.12. The van der Waals surface area contributed by atoms with E-state index in [1.807, 2.05) is 38.1 Å². The number of nitriles is 1. The zero-order chi connectivity index (χ0) is 14.5. The third kappa shape index (κ3) is 3.16. The van der Waals surface area contributed by atoms with Crippen LogP contribution in [0.25, 0.3) is 0 Å². The number of benzene rings is 1. The second-order valence-corrected chi connectivity index (χ2v) is 4.95. The Kier molecular flexibility index (Phi) is 4.37. The van der Waals surface area contributed by atoms with Crippen LogP contribution in [-0.4, -0.2) is 5.78 Å². The van der Waals surface area contributed by atoms with Crippen molar-refractivity contribution in [1.82, 2.24) is 0 Å². The molecule has 0 N–H and O–H groups in total. The Morgan fingerprint density at radius 2 is 2.10 bits per heavy atom. The van der Waals surface area contributed by atoms with Gasteiger partial charge < -0.3 is 4.42 Å². The average molecular weight is 267 g/mol. The average Bonchev–Trinajstić information content (AvgIpc) is 2.94. The maximum absolute atomic E-state index is 12.2. The van der Waals surface area contributed by atoms with Gasteiger partial charge in [-0.3, -0.25) is 4.79 Å². The maximum Gasteiger partial charge on any atom is 0.154 e. The van der Waals surface area contributed by atoms with Crippen molar-refractivity contribution in [1.29, 1.82) is 5.26 Å². The van der Waals surface area contributed by atoms with E-state index in [4.69, 9.17) is 4.42 Å². The van der Waals surface area contributed by atoms with Crippen LogP contribution in [0.3, 0.4) is 0 Å². The molecule has 0 spiro atoms. The summed E-state index contributed by atoms with van der Waals surface area (Å²) in [5.74, 6) is 0.0199. The third-order valence-electron chi connectivity index (χ3n) is 3.51. The first-order chi connectivity index (χ1) is 9.61. The fraction of sp³-hybridized carbons (Fsp3) is 0.294. The number of carbonyl (C=O) groups excluding carboxylic acids is 1. The van der Waals surface area contributed by atoms with Gasteiger partial charge in [0, 0.05) is 12.8 Å². The minimum atomic E-state index is -0.690. The van der Waals surface area contributed by atoms with Gasteiger partial charge in [-0.2, -0.15) is 5.26 Å². The van der Waals surface area contributed by atoms with Gasteiger partial charge in [-0.15, -0.1) is 0 Å². The lowest BCUT2D eigenvalue weighted by Crippen LogP contribution is -2.12. The van der Waals surface area contributed by atoms with Crippen molar-refractivity contribution >= 4 is 5.78 Å². The molecule has 102 valence electrons. The van der Waals surface area contributed by atoms with Gasteiger partial charge in [0.1, 0.15) is 11.7 Å². The molecule has 0 saturated heterocycles. The highest BCUT2D eigenvalue weighted by Gasteiger charge is 2.20. The molecule has 0 fully saturated rings. The molecular weight excluding hydrogens is 250 g/mol. The molecule has 0 amide bonds. The van der Waals surface area contributed by atoms with Crippen LogP contribution in [-0.2, 0) is 11.2 Å². The third-order valence-corrected chi connectivity index (χ3v) is 3.51. The van der Waals surface area contributed by atoms with E-state index in [2.05, 4.69) is 6.07 Å². The number of rotatable bonds is 5. The van der Waals surface area contributed by atoms with Crippen LogP contribution in [0.5, 0.6) is 0 Å². The lowest BCUT2D eigenvalue weighted by atomic mass is 9.91. The van der Waals surface area contributed by atoms with E-state index >= 15 is 0 Å². The lowest BCUT2D eigenvalue weighted by Gasteiger charge is -2.10. The van der Waals surface area contributed by atoms with Gasteiger partial charge in [0.2, 0.25) is 0 Å². The largest absolute Gasteiger partial charge is 0.469 e. The normalized spacial score (nSPS) is 11.8. The van der Waals surface area contributed by atoms with Crippen LogP contribution < -0.4 is 0 Å². The number of carbonyl (C=O) groups is 1. The van der Waals surface area contributed by atoms with Crippen LogP contribution >= 0.6 is 0 Å². The molecule has 1 unspecified atom stereocenters. The van der Waals surface area contributed by atoms with E-state index < -0.39 is 5.92 Å². The molecule has 3 heteroatoms. The molecule has 0 saturated carbocycles. The van der Waals surface area contributed by atoms with Crippen LogP contribution in [0.2, 0.25) is 0 Å². The summed E-state index contributed by atoms with van der Waals surface area (Å²) in [5, 5.41) is 9.27. The van der Waals surface area contributed by atoms with E-state index in [0.717, 1.165) is 22.5 Å². The topological polar surface area (TPSA) is 54.0 Å². The smallest absolute Gasteiger partial charge is 0.154 e. The standard InChI is InChI=1S/C17H17NO2/c1-12-5-6-14(10-13(12)2)16(11-18)17(19)8-7-15-4-3-9-20-15/h3-6,9-10,16H,7-8H2,1-2H3. The number of hydrogen-bond acceptors (Lipinski definition) is 3. The summed E-state index contributed by atoms with van der Waals surface area (Å²) in [4.78, 5) is 12.2. The van der Waals surface area contributed by atoms with Crippen molar-refractivity contribution in [2.24, 2.45) is 0 Å². The first-order valence-electron chi connectivity index (χ1n) is 6.63. The number of aryl methyl sites for hydroxylation is 3. The molecule has 0 aliphatic rings. The first kappa shape index (κ1) is 14.1. The van der Waals surface area contributed by atoms with Crippen LogP contribution in [0.15, 0.2) is 41.0 Å². The highest BCUT2D eigenvalue weighted by Crippen LogP contribution is 2.21. The predicted octanol–water partition coefficient (Wildman–Crippen LogP) is 3.71. The van der Waals surface area contributed by atoms with Gasteiger partial charge in [0.25, 0.3) is 0 Å². The van der Waals surface area contributed by atoms with Gasteiger partial charge in [0.05, 0.1) is 12.3 Å². The van der Waals surface area contributed by atoms with Crippen molar-refractivity contribution in [3.05, 3.63) is 59.0 Å². The summed E-state index contributed by atoms with van der Waals surface area (Å²) < 4.78 is 5.20. The van der Waals surface area contributed by atoms with Crippen molar-refractivity contribution in [2.75, 3.05) is 0 Å². The Morgan fingerprint density at radius 3 is 2.70 bits per heavy atom. The summed E-state index contributed by atoms with van der Waals surface area (Å²) in [7, 11) is 0. The zero-order valence-corrected chi connectivity index (χ0v) is 11.7. The molecule has 1 aromatic heterocycles. The molecule has 2 rings (SSSR count). The van der Waals surface area contributed by atoms with Crippen molar-refractivity contribution in [2.45, 2.75) is 32.6 Å². The summed E-state index contributed by atoms with van der Waals surface area (Å²) in [6, 6.07) is 11.5. The van der Waals surface area contributed by atoms with Gasteiger partial charge >= 0.3 is 0 Å². The van der Waals surface area contributed by atoms with Gasteiger partial charge in [-0.1, -0.05) is 18.2 Å². The molecule has 2 aromatic rings. The molecular formula is C17H17NO2. The van der Waals surface area contributed by atoms with E-state index in [9.17, 15) is 10.1 Å². The molecule has 1 aromatic carbocycles. The molecule has 3 nitrogen and oxygen atoms in total. The van der Waals surface area contributed by atoms with Gasteiger partial charge in [-0.05, 0) is 42.7 Å². The number of nitrogens with zero attached hydrogens (tertiary/aromatic N) is 1. The van der Waals surface area contributed by atoms with Gasteiger partial charge in [-0.25, -0.2) is 0 Å². The molecule has 0 aliphatic heterocycles. The van der Waals surface area contributed by atoms with Crippen LogP contribution in [0, 0.1) is 25.2 Å². The number of furan rings is 1. The summed E-state index contributed by atoms with van der Waals surface area (Å²) in [5.41, 5.74) is 3.04. The predicted molar refractivity (Wildman–Crippen MR) is 76.3 cm³/mol. The SMILES string of the molecule is Cc1ccc(C(C#N)C(=O)CCc2ccco2)cc1C. The Hall–Kier alpha value is -2.34. The number of hydrogen-bond donors (Lipinski definition) is 0. The summed E-state index contributed by atoms with van der Waals surface area (Å²) >= 11 is 0. The van der Waals surface area contributed by atoms with Crippen LogP contribution in [0.1, 0.15) is 34.8 Å². The quantitative estimate of drug-likeness (QED) is 0.829. The Balaban J connectivity index is 2.09. The zero-order valence-electron chi connectivity index (χ0n) is 11.7. The van der Waals surface area contributed by atoms with E-state index in [0.29, 0.717) is 12.8 Å². The van der Waals surface area contributed by atoms with Gasteiger partial charge in [0.15, 0.2) is 5.78 Å². The van der Waals surface area contributed by atoms with Crippen molar-refractivity contribution in [3.8, 4) is 6.07 Å². The molecule has 0 bridgehead atoms. The second-order valence-electron chi connectivity index (χ2n) is 4.95. The molecule has 1 atom stereocenters. The highest BCUT2D eigenvalue weighted by atomic mass is 16.3. The molecule has 20 heavy (non-hydrogen) atoms. The fourth-order valence-electron chi connectivity index (χ4n) is 2.12. The molecule has 0 radical (unpaired) electrons. The lowest BCUT2D eigenvalue weighted by molar-refractivity contribution is -0.119. The van der Waals surface area contributed by atoms with E-state index in [1.165, 1.54) is 0 Å². The minimum Gasteiger partial charge on any atom is -0.469 e.